The van der Waals surface area contributed by atoms with E-state index in [1.165, 1.54) is 30.3 Å². The summed E-state index contributed by atoms with van der Waals surface area (Å²) in [6.45, 7) is 0. The molecular weight excluding hydrogens is 333 g/mol. The first-order valence-electron chi connectivity index (χ1n) is 5.83. The van der Waals surface area contributed by atoms with Crippen LogP contribution in [0.15, 0.2) is 47.4 Å². The number of carbonyl (C=O) groups excluding carboxylic acids is 1. The molecule has 0 unspecified atom stereocenters. The Morgan fingerprint density at radius 2 is 1.67 bits per heavy atom. The van der Waals surface area contributed by atoms with Gasteiger partial charge in [-0.3, -0.25) is 4.79 Å². The van der Waals surface area contributed by atoms with Gasteiger partial charge < -0.3 is 5.32 Å². The van der Waals surface area contributed by atoms with Crippen molar-refractivity contribution in [1.29, 1.82) is 0 Å². The molecule has 1 amide bonds. The first-order chi connectivity index (χ1) is 9.75. The van der Waals surface area contributed by atoms with Gasteiger partial charge in [-0.25, -0.2) is 8.42 Å². The summed E-state index contributed by atoms with van der Waals surface area (Å²) in [7, 11) is -3.33. The van der Waals surface area contributed by atoms with Crippen LogP contribution in [0.5, 0.6) is 0 Å². The minimum Gasteiger partial charge on any atom is -0.322 e. The first-order valence-corrected chi connectivity index (χ1v) is 8.48. The van der Waals surface area contributed by atoms with Gasteiger partial charge >= 0.3 is 0 Å². The maximum Gasteiger partial charge on any atom is 0.255 e. The summed E-state index contributed by atoms with van der Waals surface area (Å²) in [6, 6.07) is 10.5. The number of amides is 1. The smallest absolute Gasteiger partial charge is 0.255 e. The molecule has 0 saturated heterocycles. The van der Waals surface area contributed by atoms with E-state index < -0.39 is 15.7 Å². The summed E-state index contributed by atoms with van der Waals surface area (Å²) in [4.78, 5) is 12.2. The Bertz CT molecular complexity index is 783. The molecule has 0 spiro atoms. The predicted octanol–water partition coefficient (Wildman–Crippen LogP) is 3.65. The van der Waals surface area contributed by atoms with Crippen molar-refractivity contribution in [1.82, 2.24) is 0 Å². The number of carbonyl (C=O) groups is 1. The number of rotatable bonds is 3. The monoisotopic (exact) mass is 343 g/mol. The summed E-state index contributed by atoms with van der Waals surface area (Å²) >= 11 is 11.7. The lowest BCUT2D eigenvalue weighted by molar-refractivity contribution is 0.102. The average Bonchev–Trinajstić information content (AvgIpc) is 2.37. The fourth-order valence-electron chi connectivity index (χ4n) is 1.69. The summed E-state index contributed by atoms with van der Waals surface area (Å²) in [5.74, 6) is -0.426. The second-order valence-corrected chi connectivity index (χ2v) is 7.30. The van der Waals surface area contributed by atoms with Crippen LogP contribution in [-0.4, -0.2) is 20.6 Å². The normalized spacial score (nSPS) is 11.2. The quantitative estimate of drug-likeness (QED) is 0.924. The zero-order valence-corrected chi connectivity index (χ0v) is 13.3. The molecule has 0 aliphatic rings. The summed E-state index contributed by atoms with van der Waals surface area (Å²) < 4.78 is 23.0. The third-order valence-corrected chi connectivity index (χ3v) is 4.19. The van der Waals surface area contributed by atoms with E-state index in [2.05, 4.69) is 5.32 Å². The minimum absolute atomic E-state index is 0.129. The van der Waals surface area contributed by atoms with E-state index >= 15 is 0 Å². The maximum absolute atomic E-state index is 12.1. The Morgan fingerprint density at radius 3 is 2.24 bits per heavy atom. The van der Waals surface area contributed by atoms with Crippen LogP contribution in [0.25, 0.3) is 0 Å². The molecule has 0 fully saturated rings. The Balaban J connectivity index is 2.28. The van der Waals surface area contributed by atoms with Gasteiger partial charge in [0.15, 0.2) is 9.84 Å². The number of sulfone groups is 1. The standard InChI is InChI=1S/C14H11Cl2NO3S/c1-21(19,20)13-4-2-3-12(8-13)17-14(18)9-5-10(15)7-11(16)6-9/h2-8H,1H3,(H,17,18). The molecule has 0 aliphatic carbocycles. The molecule has 0 atom stereocenters. The third-order valence-electron chi connectivity index (χ3n) is 2.64. The highest BCUT2D eigenvalue weighted by Crippen LogP contribution is 2.21. The van der Waals surface area contributed by atoms with Crippen molar-refractivity contribution in [3.05, 3.63) is 58.1 Å². The molecule has 2 aromatic carbocycles. The largest absolute Gasteiger partial charge is 0.322 e. The fraction of sp³-hybridized carbons (Fsp3) is 0.0714. The Labute approximate surface area is 132 Å². The molecule has 0 heterocycles. The van der Waals surface area contributed by atoms with Crippen molar-refractivity contribution in [3.63, 3.8) is 0 Å². The Morgan fingerprint density at radius 1 is 1.05 bits per heavy atom. The number of benzene rings is 2. The van der Waals surface area contributed by atoms with E-state index in [9.17, 15) is 13.2 Å². The van der Waals surface area contributed by atoms with Crippen molar-refractivity contribution >= 4 is 44.6 Å². The van der Waals surface area contributed by atoms with Gasteiger partial charge in [-0.15, -0.1) is 0 Å². The lowest BCUT2D eigenvalue weighted by Gasteiger charge is -2.07. The van der Waals surface area contributed by atoms with E-state index in [1.54, 1.807) is 12.1 Å². The van der Waals surface area contributed by atoms with Crippen LogP contribution >= 0.6 is 23.2 Å². The van der Waals surface area contributed by atoms with Gasteiger partial charge in [0.25, 0.3) is 5.91 Å². The van der Waals surface area contributed by atoms with E-state index in [-0.39, 0.29) is 10.5 Å². The molecule has 0 radical (unpaired) electrons. The number of hydrogen-bond acceptors (Lipinski definition) is 3. The minimum atomic E-state index is -3.33. The molecule has 2 aromatic rings. The highest BCUT2D eigenvalue weighted by atomic mass is 35.5. The molecule has 0 saturated carbocycles. The molecule has 0 aliphatic heterocycles. The third kappa shape index (κ3) is 4.20. The number of halogens is 2. The highest BCUT2D eigenvalue weighted by molar-refractivity contribution is 7.90. The van der Waals surface area contributed by atoms with E-state index in [0.29, 0.717) is 15.7 Å². The van der Waals surface area contributed by atoms with Crippen LogP contribution in [-0.2, 0) is 9.84 Å². The van der Waals surface area contributed by atoms with Gasteiger partial charge in [-0.1, -0.05) is 29.3 Å². The fourth-order valence-corrected chi connectivity index (χ4v) is 2.89. The average molecular weight is 344 g/mol. The van der Waals surface area contributed by atoms with Crippen LogP contribution in [0.3, 0.4) is 0 Å². The van der Waals surface area contributed by atoms with Crippen LogP contribution in [0.1, 0.15) is 10.4 Å². The van der Waals surface area contributed by atoms with Crippen molar-refractivity contribution in [3.8, 4) is 0 Å². The second kappa shape index (κ2) is 6.05. The Hall–Kier alpha value is -1.56. The van der Waals surface area contributed by atoms with E-state index in [1.807, 2.05) is 0 Å². The van der Waals surface area contributed by atoms with Gasteiger partial charge in [0, 0.05) is 27.6 Å². The lowest BCUT2D eigenvalue weighted by atomic mass is 10.2. The van der Waals surface area contributed by atoms with Gasteiger partial charge in [0.05, 0.1) is 4.90 Å². The van der Waals surface area contributed by atoms with Gasteiger partial charge in [0.1, 0.15) is 0 Å². The van der Waals surface area contributed by atoms with E-state index in [4.69, 9.17) is 23.2 Å². The molecule has 21 heavy (non-hydrogen) atoms. The summed E-state index contributed by atoms with van der Waals surface area (Å²) in [5.41, 5.74) is 0.663. The summed E-state index contributed by atoms with van der Waals surface area (Å²) in [6.07, 6.45) is 1.10. The highest BCUT2D eigenvalue weighted by Gasteiger charge is 2.11. The lowest BCUT2D eigenvalue weighted by Crippen LogP contribution is -2.12. The zero-order valence-electron chi connectivity index (χ0n) is 10.9. The predicted molar refractivity (Wildman–Crippen MR) is 84.0 cm³/mol. The molecule has 0 aromatic heterocycles. The van der Waals surface area contributed by atoms with Crippen LogP contribution in [0.4, 0.5) is 5.69 Å². The van der Waals surface area contributed by atoms with Crippen molar-refractivity contribution in [2.75, 3.05) is 11.6 Å². The summed E-state index contributed by atoms with van der Waals surface area (Å²) in [5, 5.41) is 3.29. The van der Waals surface area contributed by atoms with Crippen molar-refractivity contribution in [2.24, 2.45) is 0 Å². The SMILES string of the molecule is CS(=O)(=O)c1cccc(NC(=O)c2cc(Cl)cc(Cl)c2)c1. The van der Waals surface area contributed by atoms with Crippen LogP contribution in [0, 0.1) is 0 Å². The molecule has 0 bridgehead atoms. The van der Waals surface area contributed by atoms with E-state index in [0.717, 1.165) is 6.26 Å². The van der Waals surface area contributed by atoms with Gasteiger partial charge in [-0.2, -0.15) is 0 Å². The van der Waals surface area contributed by atoms with Crippen molar-refractivity contribution < 1.29 is 13.2 Å². The van der Waals surface area contributed by atoms with Gasteiger partial charge in [0.2, 0.25) is 0 Å². The Kier molecular flexibility index (Phi) is 4.56. The molecular formula is C14H11Cl2NO3S. The molecule has 110 valence electrons. The zero-order chi connectivity index (χ0) is 15.6. The molecule has 1 N–H and O–H groups in total. The molecule has 7 heteroatoms. The molecule has 2 rings (SSSR count). The number of hydrogen-bond donors (Lipinski definition) is 1. The van der Waals surface area contributed by atoms with Gasteiger partial charge in [-0.05, 0) is 36.4 Å². The van der Waals surface area contributed by atoms with Crippen LogP contribution < -0.4 is 5.32 Å². The first kappa shape index (κ1) is 15.8. The second-order valence-electron chi connectivity index (χ2n) is 4.41. The number of nitrogens with one attached hydrogen (secondary N) is 1. The topological polar surface area (TPSA) is 63.2 Å². The van der Waals surface area contributed by atoms with Crippen LogP contribution in [0.2, 0.25) is 10.0 Å². The molecule has 4 nitrogen and oxygen atoms in total. The number of anilines is 1. The van der Waals surface area contributed by atoms with Crippen molar-refractivity contribution in [2.45, 2.75) is 4.90 Å². The maximum atomic E-state index is 12.1.